The lowest BCUT2D eigenvalue weighted by Gasteiger charge is -2.25. The number of hydrogen-bond acceptors (Lipinski definition) is 6. The minimum Gasteiger partial charge on any atom is -0.497 e. The van der Waals surface area contributed by atoms with Gasteiger partial charge >= 0.3 is 5.97 Å². The summed E-state index contributed by atoms with van der Waals surface area (Å²) >= 11 is 1.39. The molecule has 2 heterocycles. The minimum atomic E-state index is -1.02. The Morgan fingerprint density at radius 1 is 1.41 bits per heavy atom. The van der Waals surface area contributed by atoms with E-state index in [1.165, 1.54) is 11.3 Å². The van der Waals surface area contributed by atoms with Crippen LogP contribution in [0.2, 0.25) is 0 Å². The van der Waals surface area contributed by atoms with Gasteiger partial charge in [0.05, 0.1) is 25.2 Å². The number of benzene rings is 1. The molecule has 1 fully saturated rings. The molecule has 1 aromatic heterocycles. The molecule has 1 N–H and O–H groups in total. The molecule has 0 bridgehead atoms. The Hall–Kier alpha value is -2.12. The molecule has 2 aromatic rings. The smallest absolute Gasteiger partial charge is 0.356 e. The van der Waals surface area contributed by atoms with Gasteiger partial charge in [-0.05, 0) is 17.7 Å². The number of carboxylic acids is 1. The third-order valence-electron chi connectivity index (χ3n) is 3.43. The summed E-state index contributed by atoms with van der Waals surface area (Å²) in [7, 11) is 1.59. The topological polar surface area (TPSA) is 71.9 Å². The highest BCUT2D eigenvalue weighted by Crippen LogP contribution is 2.36. The highest BCUT2D eigenvalue weighted by molar-refractivity contribution is 7.19. The summed E-state index contributed by atoms with van der Waals surface area (Å²) in [5.74, 6) is -0.330. The van der Waals surface area contributed by atoms with Gasteiger partial charge in [0, 0.05) is 13.1 Å². The van der Waals surface area contributed by atoms with E-state index in [9.17, 15) is 9.90 Å². The Bertz CT molecular complexity index is 680. The number of rotatable bonds is 4. The maximum Gasteiger partial charge on any atom is 0.356 e. The van der Waals surface area contributed by atoms with E-state index in [1.54, 1.807) is 7.11 Å². The quantitative estimate of drug-likeness (QED) is 0.932. The Kier molecular flexibility index (Phi) is 4.26. The first-order valence-electron chi connectivity index (χ1n) is 6.90. The van der Waals surface area contributed by atoms with Crippen molar-refractivity contribution in [2.24, 2.45) is 0 Å². The SMILES string of the molecule is COc1cccc(-c2sc(N3CCOCC3)nc2C(=O)O)c1. The second-order valence-corrected chi connectivity index (χ2v) is 5.79. The zero-order chi connectivity index (χ0) is 15.5. The average Bonchev–Trinajstić information content (AvgIpc) is 3.01. The zero-order valence-corrected chi connectivity index (χ0v) is 12.9. The summed E-state index contributed by atoms with van der Waals surface area (Å²) < 4.78 is 10.5. The number of methoxy groups -OCH3 is 1. The van der Waals surface area contributed by atoms with Gasteiger partial charge in [-0.1, -0.05) is 23.5 Å². The van der Waals surface area contributed by atoms with Crippen molar-refractivity contribution in [3.05, 3.63) is 30.0 Å². The van der Waals surface area contributed by atoms with E-state index in [-0.39, 0.29) is 5.69 Å². The number of ether oxygens (including phenoxy) is 2. The van der Waals surface area contributed by atoms with Crippen LogP contribution in [0.25, 0.3) is 10.4 Å². The van der Waals surface area contributed by atoms with Crippen LogP contribution in [0.3, 0.4) is 0 Å². The number of thiazole rings is 1. The summed E-state index contributed by atoms with van der Waals surface area (Å²) in [4.78, 5) is 18.5. The third kappa shape index (κ3) is 2.90. The van der Waals surface area contributed by atoms with Gasteiger partial charge in [-0.3, -0.25) is 0 Å². The minimum absolute atomic E-state index is 0.0831. The van der Waals surface area contributed by atoms with Crippen molar-refractivity contribution in [1.29, 1.82) is 0 Å². The molecule has 0 unspecified atom stereocenters. The van der Waals surface area contributed by atoms with Crippen molar-refractivity contribution < 1.29 is 19.4 Å². The molecule has 1 aliphatic rings. The molecule has 1 aliphatic heterocycles. The van der Waals surface area contributed by atoms with Crippen molar-refractivity contribution in [2.75, 3.05) is 38.3 Å². The van der Waals surface area contributed by atoms with Gasteiger partial charge in [-0.15, -0.1) is 0 Å². The molecule has 0 saturated carbocycles. The Balaban J connectivity index is 2.01. The Morgan fingerprint density at radius 3 is 2.86 bits per heavy atom. The van der Waals surface area contributed by atoms with E-state index in [4.69, 9.17) is 9.47 Å². The van der Waals surface area contributed by atoms with Crippen LogP contribution >= 0.6 is 11.3 Å². The van der Waals surface area contributed by atoms with Gasteiger partial charge in [-0.2, -0.15) is 0 Å². The number of carboxylic acid groups (broad SMARTS) is 1. The highest BCUT2D eigenvalue weighted by Gasteiger charge is 2.23. The molecule has 1 saturated heterocycles. The predicted molar refractivity (Wildman–Crippen MR) is 84.1 cm³/mol. The second-order valence-electron chi connectivity index (χ2n) is 4.81. The van der Waals surface area contributed by atoms with Crippen LogP contribution in [0.1, 0.15) is 10.5 Å². The van der Waals surface area contributed by atoms with E-state index in [0.29, 0.717) is 23.8 Å². The Labute approximate surface area is 131 Å². The highest BCUT2D eigenvalue weighted by atomic mass is 32.1. The summed E-state index contributed by atoms with van der Waals surface area (Å²) in [5.41, 5.74) is 0.883. The predicted octanol–water partition coefficient (Wildman–Crippen LogP) is 2.35. The molecule has 7 heteroatoms. The normalized spacial score (nSPS) is 14.9. The molecule has 3 rings (SSSR count). The zero-order valence-electron chi connectivity index (χ0n) is 12.1. The van der Waals surface area contributed by atoms with Crippen LogP contribution in [0.15, 0.2) is 24.3 Å². The number of aromatic carboxylic acids is 1. The van der Waals surface area contributed by atoms with E-state index in [0.717, 1.165) is 23.8 Å². The maximum atomic E-state index is 11.5. The van der Waals surface area contributed by atoms with Gasteiger partial charge in [0.15, 0.2) is 10.8 Å². The number of anilines is 1. The monoisotopic (exact) mass is 320 g/mol. The number of carbonyl (C=O) groups is 1. The van der Waals surface area contributed by atoms with Crippen LogP contribution in [0.4, 0.5) is 5.13 Å². The summed E-state index contributed by atoms with van der Waals surface area (Å²) in [6, 6.07) is 7.36. The van der Waals surface area contributed by atoms with Crippen molar-refractivity contribution in [3.8, 4) is 16.2 Å². The lowest BCUT2D eigenvalue weighted by molar-refractivity contribution is 0.0692. The van der Waals surface area contributed by atoms with Crippen molar-refractivity contribution in [3.63, 3.8) is 0 Å². The average molecular weight is 320 g/mol. The molecule has 0 spiro atoms. The van der Waals surface area contributed by atoms with Gasteiger partial charge in [0.25, 0.3) is 0 Å². The first-order valence-corrected chi connectivity index (χ1v) is 7.72. The van der Waals surface area contributed by atoms with Crippen molar-refractivity contribution >= 4 is 22.4 Å². The van der Waals surface area contributed by atoms with Crippen LogP contribution in [0, 0.1) is 0 Å². The molecule has 0 aliphatic carbocycles. The van der Waals surface area contributed by atoms with E-state index in [2.05, 4.69) is 9.88 Å². The molecular weight excluding hydrogens is 304 g/mol. The van der Waals surface area contributed by atoms with Gasteiger partial charge < -0.3 is 19.5 Å². The number of aromatic nitrogens is 1. The van der Waals surface area contributed by atoms with Gasteiger partial charge in [0.1, 0.15) is 5.75 Å². The van der Waals surface area contributed by atoms with E-state index < -0.39 is 5.97 Å². The third-order valence-corrected chi connectivity index (χ3v) is 4.60. The fraction of sp³-hybridized carbons (Fsp3) is 0.333. The number of morpholine rings is 1. The first kappa shape index (κ1) is 14.8. The van der Waals surface area contributed by atoms with Crippen molar-refractivity contribution in [1.82, 2.24) is 4.98 Å². The van der Waals surface area contributed by atoms with E-state index >= 15 is 0 Å². The molecule has 1 aromatic carbocycles. The van der Waals surface area contributed by atoms with Crippen LogP contribution < -0.4 is 9.64 Å². The fourth-order valence-electron chi connectivity index (χ4n) is 2.30. The largest absolute Gasteiger partial charge is 0.497 e. The lowest BCUT2D eigenvalue weighted by Crippen LogP contribution is -2.36. The maximum absolute atomic E-state index is 11.5. The summed E-state index contributed by atoms with van der Waals surface area (Å²) in [5, 5.41) is 10.2. The van der Waals surface area contributed by atoms with Crippen LogP contribution in [-0.4, -0.2) is 49.5 Å². The van der Waals surface area contributed by atoms with E-state index in [1.807, 2.05) is 24.3 Å². The molecule has 116 valence electrons. The molecule has 0 atom stereocenters. The molecular formula is C15H16N2O4S. The number of hydrogen-bond donors (Lipinski definition) is 1. The second kappa shape index (κ2) is 6.33. The molecule has 0 amide bonds. The summed E-state index contributed by atoms with van der Waals surface area (Å²) in [6.07, 6.45) is 0. The lowest BCUT2D eigenvalue weighted by atomic mass is 10.1. The molecule has 22 heavy (non-hydrogen) atoms. The standard InChI is InChI=1S/C15H16N2O4S/c1-20-11-4-2-3-10(9-11)13-12(14(18)19)16-15(22-13)17-5-7-21-8-6-17/h2-4,9H,5-8H2,1H3,(H,18,19). The summed E-state index contributed by atoms with van der Waals surface area (Å²) in [6.45, 7) is 2.72. The first-order chi connectivity index (χ1) is 10.7. The van der Waals surface area contributed by atoms with Crippen LogP contribution in [0.5, 0.6) is 5.75 Å². The fourth-order valence-corrected chi connectivity index (χ4v) is 3.41. The van der Waals surface area contributed by atoms with Gasteiger partial charge in [0.2, 0.25) is 0 Å². The van der Waals surface area contributed by atoms with Crippen molar-refractivity contribution in [2.45, 2.75) is 0 Å². The molecule has 0 radical (unpaired) electrons. The van der Waals surface area contributed by atoms with Crippen LogP contribution in [-0.2, 0) is 4.74 Å². The molecule has 6 nitrogen and oxygen atoms in total. The Morgan fingerprint density at radius 2 is 2.18 bits per heavy atom. The number of nitrogens with zero attached hydrogens (tertiary/aromatic N) is 2. The van der Waals surface area contributed by atoms with Gasteiger partial charge in [-0.25, -0.2) is 9.78 Å².